The average Bonchev–Trinajstić information content (AvgIpc) is 1.63. The molecule has 0 fully saturated rings. The van der Waals surface area contributed by atoms with Gasteiger partial charge in [0.05, 0.1) is 0 Å². The van der Waals surface area contributed by atoms with Gasteiger partial charge in [-0.1, -0.05) is 6.08 Å². The molecule has 0 bridgehead atoms. The summed E-state index contributed by atoms with van der Waals surface area (Å²) in [6.45, 7) is 2.99. The van der Waals surface area contributed by atoms with Crippen molar-refractivity contribution in [1.29, 1.82) is 0 Å². The molecular weight excluding hydrogens is 112 g/mol. The Kier molecular flexibility index (Phi) is 4.14. The number of hydrogen-bond donors (Lipinski definition) is 1. The second kappa shape index (κ2) is 4.39. The zero-order chi connectivity index (χ0) is 7.28. The van der Waals surface area contributed by atoms with E-state index >= 15 is 0 Å². The minimum atomic E-state index is 0.914. The van der Waals surface area contributed by atoms with Crippen LogP contribution in [0.15, 0.2) is 11.8 Å². The lowest BCUT2D eigenvalue weighted by molar-refractivity contribution is 0.417. The summed E-state index contributed by atoms with van der Waals surface area (Å²) in [5.41, 5.74) is 6.33. The van der Waals surface area contributed by atoms with Crippen LogP contribution in [0, 0.1) is 0 Å². The van der Waals surface area contributed by atoms with Gasteiger partial charge in [-0.15, -0.1) is 0 Å². The van der Waals surface area contributed by atoms with Crippen LogP contribution in [0.5, 0.6) is 0 Å². The summed E-state index contributed by atoms with van der Waals surface area (Å²) in [6, 6.07) is 0. The van der Waals surface area contributed by atoms with E-state index in [2.05, 4.69) is 19.0 Å². The van der Waals surface area contributed by atoms with Crippen LogP contribution < -0.4 is 5.73 Å². The maximum Gasteiger partial charge on any atom is 0.00106 e. The second-order valence-electron chi connectivity index (χ2n) is 2.54. The number of allylic oxidation sites excluding steroid dienone is 1. The fourth-order valence-electron chi connectivity index (χ4n) is 0.550. The Balaban J connectivity index is 3.20. The van der Waals surface area contributed by atoms with Crippen molar-refractivity contribution in [1.82, 2.24) is 4.90 Å². The molecular formula is C7H16N2. The van der Waals surface area contributed by atoms with Crippen molar-refractivity contribution < 1.29 is 0 Å². The van der Waals surface area contributed by atoms with E-state index in [4.69, 9.17) is 5.73 Å². The highest BCUT2D eigenvalue weighted by Crippen LogP contribution is 1.87. The molecule has 9 heavy (non-hydrogen) atoms. The molecule has 0 spiro atoms. The lowest BCUT2D eigenvalue weighted by Gasteiger charge is -2.05. The van der Waals surface area contributed by atoms with E-state index in [0.717, 1.165) is 18.7 Å². The van der Waals surface area contributed by atoms with E-state index in [0.29, 0.717) is 0 Å². The van der Waals surface area contributed by atoms with Crippen molar-refractivity contribution in [2.75, 3.05) is 20.6 Å². The van der Waals surface area contributed by atoms with Crippen molar-refractivity contribution in [3.63, 3.8) is 0 Å². The van der Waals surface area contributed by atoms with Crippen LogP contribution in [0.2, 0.25) is 0 Å². The van der Waals surface area contributed by atoms with Gasteiger partial charge < -0.3 is 10.6 Å². The zero-order valence-corrected chi connectivity index (χ0v) is 6.52. The first kappa shape index (κ1) is 8.50. The van der Waals surface area contributed by atoms with E-state index in [1.165, 1.54) is 0 Å². The van der Waals surface area contributed by atoms with Gasteiger partial charge in [0, 0.05) is 12.2 Å². The smallest absolute Gasteiger partial charge is 0.00106 e. The van der Waals surface area contributed by atoms with E-state index < -0.39 is 0 Å². The van der Waals surface area contributed by atoms with Gasteiger partial charge in [0.1, 0.15) is 0 Å². The molecule has 0 saturated carbocycles. The van der Waals surface area contributed by atoms with Crippen molar-refractivity contribution in [3.8, 4) is 0 Å². The average molecular weight is 128 g/mol. The Bertz CT molecular complexity index is 91.1. The number of nitrogens with zero attached hydrogens (tertiary/aromatic N) is 1. The van der Waals surface area contributed by atoms with Gasteiger partial charge in [0.15, 0.2) is 0 Å². The molecule has 0 amide bonds. The van der Waals surface area contributed by atoms with E-state index in [1.807, 2.05) is 13.0 Å². The SMILES string of the molecule is C/C(N)=C\CCN(C)C. The molecule has 2 N–H and O–H groups in total. The predicted molar refractivity (Wildman–Crippen MR) is 41.1 cm³/mol. The van der Waals surface area contributed by atoms with E-state index in [-0.39, 0.29) is 0 Å². The summed E-state index contributed by atoms with van der Waals surface area (Å²) in [5.74, 6) is 0. The van der Waals surface area contributed by atoms with Gasteiger partial charge in [-0.3, -0.25) is 0 Å². The monoisotopic (exact) mass is 128 g/mol. The van der Waals surface area contributed by atoms with Gasteiger partial charge in [0.25, 0.3) is 0 Å². The van der Waals surface area contributed by atoms with Crippen LogP contribution in [-0.4, -0.2) is 25.5 Å². The van der Waals surface area contributed by atoms with E-state index in [1.54, 1.807) is 0 Å². The van der Waals surface area contributed by atoms with Crippen molar-refractivity contribution in [2.24, 2.45) is 5.73 Å². The summed E-state index contributed by atoms with van der Waals surface area (Å²) in [6.07, 6.45) is 3.09. The van der Waals surface area contributed by atoms with Crippen LogP contribution in [0.1, 0.15) is 13.3 Å². The fraction of sp³-hybridized carbons (Fsp3) is 0.714. The maximum absolute atomic E-state index is 5.42. The molecule has 0 rings (SSSR count). The van der Waals surface area contributed by atoms with Gasteiger partial charge in [-0.25, -0.2) is 0 Å². The Morgan fingerprint density at radius 3 is 2.44 bits per heavy atom. The minimum Gasteiger partial charge on any atom is -0.403 e. The van der Waals surface area contributed by atoms with Gasteiger partial charge in [-0.05, 0) is 27.4 Å². The van der Waals surface area contributed by atoms with Crippen LogP contribution in [0.25, 0.3) is 0 Å². The van der Waals surface area contributed by atoms with Crippen LogP contribution in [0.3, 0.4) is 0 Å². The molecule has 0 atom stereocenters. The van der Waals surface area contributed by atoms with Crippen molar-refractivity contribution >= 4 is 0 Å². The Morgan fingerprint density at radius 2 is 2.11 bits per heavy atom. The molecule has 0 aliphatic heterocycles. The number of rotatable bonds is 3. The molecule has 2 nitrogen and oxygen atoms in total. The topological polar surface area (TPSA) is 29.3 Å². The first-order valence-electron chi connectivity index (χ1n) is 3.20. The highest BCUT2D eigenvalue weighted by atomic mass is 15.0. The lowest BCUT2D eigenvalue weighted by atomic mass is 10.3. The summed E-state index contributed by atoms with van der Waals surface area (Å²) in [5, 5.41) is 0. The number of nitrogens with two attached hydrogens (primary N) is 1. The van der Waals surface area contributed by atoms with Crippen molar-refractivity contribution in [3.05, 3.63) is 11.8 Å². The van der Waals surface area contributed by atoms with Crippen LogP contribution in [-0.2, 0) is 0 Å². The Morgan fingerprint density at radius 1 is 1.56 bits per heavy atom. The Labute approximate surface area is 57.3 Å². The third-order valence-corrected chi connectivity index (χ3v) is 1.04. The standard InChI is InChI=1S/C7H16N2/c1-7(8)5-4-6-9(2)3/h5H,4,6,8H2,1-3H3/b7-5+. The zero-order valence-electron chi connectivity index (χ0n) is 6.52. The largest absolute Gasteiger partial charge is 0.403 e. The molecule has 0 aromatic carbocycles. The highest BCUT2D eigenvalue weighted by molar-refractivity contribution is 4.91. The molecule has 0 aliphatic rings. The summed E-state index contributed by atoms with van der Waals surface area (Å²) in [4.78, 5) is 2.14. The molecule has 0 radical (unpaired) electrons. The normalized spacial score (nSPS) is 12.7. The first-order valence-corrected chi connectivity index (χ1v) is 3.20. The quantitative estimate of drug-likeness (QED) is 0.609. The molecule has 0 saturated heterocycles. The van der Waals surface area contributed by atoms with Gasteiger partial charge in [0.2, 0.25) is 0 Å². The fourth-order valence-corrected chi connectivity index (χ4v) is 0.550. The molecule has 0 aliphatic carbocycles. The van der Waals surface area contributed by atoms with Crippen molar-refractivity contribution in [2.45, 2.75) is 13.3 Å². The Hall–Kier alpha value is -0.500. The molecule has 54 valence electrons. The molecule has 0 unspecified atom stereocenters. The third kappa shape index (κ3) is 7.50. The van der Waals surface area contributed by atoms with Gasteiger partial charge >= 0.3 is 0 Å². The molecule has 2 heteroatoms. The molecule has 0 aromatic heterocycles. The van der Waals surface area contributed by atoms with E-state index in [9.17, 15) is 0 Å². The number of hydrogen-bond acceptors (Lipinski definition) is 2. The van der Waals surface area contributed by atoms with Crippen LogP contribution >= 0.6 is 0 Å². The predicted octanol–water partition coefficient (Wildman–Crippen LogP) is 0.801. The summed E-state index contributed by atoms with van der Waals surface area (Å²) in [7, 11) is 4.11. The second-order valence-corrected chi connectivity index (χ2v) is 2.54. The molecule has 0 aromatic rings. The van der Waals surface area contributed by atoms with Gasteiger partial charge in [-0.2, -0.15) is 0 Å². The first-order chi connectivity index (χ1) is 4.13. The van der Waals surface area contributed by atoms with Crippen LogP contribution in [0.4, 0.5) is 0 Å². The highest BCUT2D eigenvalue weighted by Gasteiger charge is 1.85. The minimum absolute atomic E-state index is 0.914. The lowest BCUT2D eigenvalue weighted by Crippen LogP contribution is -2.12. The molecule has 0 heterocycles. The maximum atomic E-state index is 5.42. The summed E-state index contributed by atoms with van der Waals surface area (Å²) < 4.78 is 0. The summed E-state index contributed by atoms with van der Waals surface area (Å²) >= 11 is 0. The third-order valence-electron chi connectivity index (χ3n) is 1.04.